The largest absolute Gasteiger partial charge is 0.389 e. The molecular weight excluding hydrogens is 337 g/mol. The Balaban J connectivity index is 3.38. The van der Waals surface area contributed by atoms with Crippen LogP contribution >= 0.6 is 7.37 Å². The van der Waals surface area contributed by atoms with E-state index in [4.69, 9.17) is 0 Å². The van der Waals surface area contributed by atoms with Crippen molar-refractivity contribution >= 4 is 13.1 Å². The van der Waals surface area contributed by atoms with Gasteiger partial charge in [0.15, 0.2) is 0 Å². The minimum atomic E-state index is -5.36. The van der Waals surface area contributed by atoms with Gasteiger partial charge in [-0.05, 0) is 32.9 Å². The molecule has 0 spiro atoms. The maximum absolute atomic E-state index is 14.4. The molecule has 0 fully saturated rings. The van der Waals surface area contributed by atoms with E-state index in [-0.39, 0.29) is 5.69 Å². The summed E-state index contributed by atoms with van der Waals surface area (Å²) in [5.41, 5.74) is -5.85. The summed E-state index contributed by atoms with van der Waals surface area (Å²) in [5.74, 6) is -7.01. The summed E-state index contributed by atoms with van der Waals surface area (Å²) in [4.78, 5) is 0. The van der Waals surface area contributed by atoms with Gasteiger partial charge in [0.05, 0.1) is 6.61 Å². The van der Waals surface area contributed by atoms with Gasteiger partial charge in [-0.15, -0.1) is 0 Å². The topological polar surface area (TPSA) is 58.6 Å². The average molecular weight is 357 g/mol. The first-order chi connectivity index (χ1) is 10.5. The molecule has 0 aromatic heterocycles. The number of hydrogen-bond donors (Lipinski definition) is 2. The Kier molecular flexibility index (Phi) is 6.24. The molecule has 0 amide bonds. The van der Waals surface area contributed by atoms with Crippen LogP contribution in [0.4, 0.5) is 23.2 Å². The maximum atomic E-state index is 14.4. The molecule has 132 valence electrons. The van der Waals surface area contributed by atoms with Crippen molar-refractivity contribution in [3.05, 3.63) is 29.8 Å². The minimum absolute atomic E-state index is 0.226. The quantitative estimate of drug-likeness (QED) is 0.533. The fourth-order valence-corrected chi connectivity index (χ4v) is 3.76. The number of benzene rings is 1. The molecule has 9 heteroatoms. The van der Waals surface area contributed by atoms with E-state index < -0.39 is 37.0 Å². The Morgan fingerprint density at radius 3 is 2.39 bits per heavy atom. The second kappa shape index (κ2) is 7.20. The number of hydrogen-bond acceptors (Lipinski definition) is 4. The number of aliphatic hydroxyl groups excluding tert-OH is 1. The molecule has 0 heterocycles. The lowest BCUT2D eigenvalue weighted by Gasteiger charge is -2.34. The van der Waals surface area contributed by atoms with Crippen LogP contribution in [-0.4, -0.2) is 29.8 Å². The first kappa shape index (κ1) is 19.9. The molecule has 1 aromatic carbocycles. The fraction of sp³-hybridized carbons (Fsp3) is 0.571. The number of aliphatic hydroxyl groups is 1. The van der Waals surface area contributed by atoms with Crippen LogP contribution in [0.5, 0.6) is 0 Å². The average Bonchev–Trinajstić information content (AvgIpc) is 2.47. The molecule has 4 nitrogen and oxygen atoms in total. The van der Waals surface area contributed by atoms with Gasteiger partial charge < -0.3 is 14.9 Å². The van der Waals surface area contributed by atoms with Crippen molar-refractivity contribution in [2.24, 2.45) is 0 Å². The zero-order valence-electron chi connectivity index (χ0n) is 13.0. The molecule has 2 atom stereocenters. The molecule has 0 saturated heterocycles. The Morgan fingerprint density at radius 1 is 1.30 bits per heavy atom. The third-order valence-corrected chi connectivity index (χ3v) is 5.88. The molecular formula is C14H20F4NO3P. The number of nitrogens with one attached hydrogen (secondary N) is 1. The normalized spacial score (nSPS) is 16.7. The van der Waals surface area contributed by atoms with Crippen molar-refractivity contribution in [1.82, 2.24) is 0 Å². The van der Waals surface area contributed by atoms with E-state index >= 15 is 0 Å². The summed E-state index contributed by atoms with van der Waals surface area (Å²) >= 11 is 0. The van der Waals surface area contributed by atoms with Gasteiger partial charge in [0.2, 0.25) is 0 Å². The number of rotatable bonds is 8. The van der Waals surface area contributed by atoms with Crippen LogP contribution < -0.4 is 5.32 Å². The number of halogens is 4. The molecule has 0 radical (unpaired) electrons. The summed E-state index contributed by atoms with van der Waals surface area (Å²) < 4.78 is 74.2. The van der Waals surface area contributed by atoms with Crippen LogP contribution in [-0.2, 0) is 15.0 Å². The van der Waals surface area contributed by atoms with Gasteiger partial charge in [0.1, 0.15) is 5.85 Å². The van der Waals surface area contributed by atoms with E-state index in [0.29, 0.717) is 6.54 Å². The van der Waals surface area contributed by atoms with Crippen molar-refractivity contribution < 1.29 is 31.8 Å². The standard InChI is InChI=1S/C14H20F4NO3P/c1-4-19-12-8-6-7-11(9-12)13(15,16)14(17,18)23(21,10(3)20)22-5-2/h6-10,19-20H,4-5H2,1-3H3. The molecule has 2 unspecified atom stereocenters. The van der Waals surface area contributed by atoms with Crippen LogP contribution in [0.2, 0.25) is 0 Å². The van der Waals surface area contributed by atoms with E-state index in [1.165, 1.54) is 19.1 Å². The van der Waals surface area contributed by atoms with Gasteiger partial charge >= 0.3 is 19.0 Å². The minimum Gasteiger partial charge on any atom is -0.385 e. The van der Waals surface area contributed by atoms with Crippen LogP contribution in [0.15, 0.2) is 24.3 Å². The van der Waals surface area contributed by atoms with Crippen molar-refractivity contribution in [2.45, 2.75) is 38.2 Å². The molecule has 0 aliphatic rings. The number of alkyl halides is 4. The van der Waals surface area contributed by atoms with E-state index in [0.717, 1.165) is 19.1 Å². The van der Waals surface area contributed by atoms with Crippen molar-refractivity contribution in [1.29, 1.82) is 0 Å². The lowest BCUT2D eigenvalue weighted by atomic mass is 10.1. The molecule has 0 aliphatic heterocycles. The van der Waals surface area contributed by atoms with E-state index in [2.05, 4.69) is 9.84 Å². The summed E-state index contributed by atoms with van der Waals surface area (Å²) in [7, 11) is -5.36. The fourth-order valence-electron chi connectivity index (χ4n) is 2.01. The SMILES string of the molecule is CCNc1cccc(C(F)(F)C(F)(F)P(=O)(OCC)C(C)O)c1. The molecule has 1 rings (SSSR count). The van der Waals surface area contributed by atoms with Crippen LogP contribution in [0.25, 0.3) is 0 Å². The monoisotopic (exact) mass is 357 g/mol. The van der Waals surface area contributed by atoms with Gasteiger partial charge in [-0.1, -0.05) is 12.1 Å². The highest BCUT2D eigenvalue weighted by Crippen LogP contribution is 2.70. The van der Waals surface area contributed by atoms with Gasteiger partial charge in [0.25, 0.3) is 0 Å². The molecule has 1 aromatic rings. The molecule has 2 N–H and O–H groups in total. The van der Waals surface area contributed by atoms with Gasteiger partial charge in [-0.2, -0.15) is 17.6 Å². The maximum Gasteiger partial charge on any atom is 0.389 e. The lowest BCUT2D eigenvalue weighted by Crippen LogP contribution is -2.41. The van der Waals surface area contributed by atoms with Gasteiger partial charge in [-0.3, -0.25) is 4.57 Å². The Morgan fingerprint density at radius 2 is 1.91 bits per heavy atom. The van der Waals surface area contributed by atoms with E-state index in [1.54, 1.807) is 6.92 Å². The second-order valence-corrected chi connectivity index (χ2v) is 7.63. The molecule has 0 aliphatic carbocycles. The summed E-state index contributed by atoms with van der Waals surface area (Å²) in [5, 5.41) is 12.1. The zero-order valence-corrected chi connectivity index (χ0v) is 13.9. The smallest absolute Gasteiger partial charge is 0.385 e. The van der Waals surface area contributed by atoms with Crippen molar-refractivity contribution in [2.75, 3.05) is 18.5 Å². The summed E-state index contributed by atoms with van der Waals surface area (Å²) in [6.45, 7) is 3.61. The third-order valence-electron chi connectivity index (χ3n) is 3.19. The highest BCUT2D eigenvalue weighted by molar-refractivity contribution is 7.60. The lowest BCUT2D eigenvalue weighted by molar-refractivity contribution is -0.172. The second-order valence-electron chi connectivity index (χ2n) is 4.87. The predicted octanol–water partition coefficient (Wildman–Crippen LogP) is 4.46. The molecule has 23 heavy (non-hydrogen) atoms. The van der Waals surface area contributed by atoms with E-state index in [9.17, 15) is 27.2 Å². The molecule has 0 saturated carbocycles. The third kappa shape index (κ3) is 3.54. The van der Waals surface area contributed by atoms with Crippen LogP contribution in [0, 0.1) is 0 Å². The van der Waals surface area contributed by atoms with Gasteiger partial charge in [0, 0.05) is 17.8 Å². The Hall–Kier alpha value is -1.11. The highest BCUT2D eigenvalue weighted by atomic mass is 31.2. The Labute approximate surface area is 132 Å². The van der Waals surface area contributed by atoms with Gasteiger partial charge in [-0.25, -0.2) is 0 Å². The number of anilines is 1. The van der Waals surface area contributed by atoms with Crippen LogP contribution in [0.1, 0.15) is 26.3 Å². The van der Waals surface area contributed by atoms with E-state index in [1.807, 2.05) is 0 Å². The molecule has 0 bridgehead atoms. The van der Waals surface area contributed by atoms with Crippen molar-refractivity contribution in [3.8, 4) is 0 Å². The Bertz CT molecular complexity index is 581. The first-order valence-electron chi connectivity index (χ1n) is 7.07. The van der Waals surface area contributed by atoms with Crippen LogP contribution in [0.3, 0.4) is 0 Å². The summed E-state index contributed by atoms with van der Waals surface area (Å²) in [6, 6.07) is 4.30. The predicted molar refractivity (Wildman–Crippen MR) is 80.4 cm³/mol. The zero-order chi connectivity index (χ0) is 17.9. The summed E-state index contributed by atoms with van der Waals surface area (Å²) in [6.07, 6.45) is 0. The first-order valence-corrected chi connectivity index (χ1v) is 8.76. The van der Waals surface area contributed by atoms with Crippen molar-refractivity contribution in [3.63, 3.8) is 0 Å². The highest BCUT2D eigenvalue weighted by Gasteiger charge is 2.70.